The Morgan fingerprint density at radius 2 is 1.72 bits per heavy atom. The highest BCUT2D eigenvalue weighted by Crippen LogP contribution is 2.45. The normalized spacial score (nSPS) is 28.4. The molecule has 6 nitrogen and oxygen atoms in total. The van der Waals surface area contributed by atoms with Gasteiger partial charge in [-0.15, -0.1) is 0 Å². The van der Waals surface area contributed by atoms with Crippen LogP contribution in [0.3, 0.4) is 0 Å². The van der Waals surface area contributed by atoms with E-state index in [0.29, 0.717) is 43.7 Å². The Bertz CT molecular complexity index is 1480. The SMILES string of the molecule is C=C1C(C2CCN(C(C)C)CC2)=Cc2c3nc(C)nc2N1C(C)CCC/C=C/CN1CCC(CC1)C(F)(F)c1cccc(c1)[C@@H](C)N3. The molecule has 1 unspecified atom stereocenters. The first-order chi connectivity index (χ1) is 22.5. The first-order valence-corrected chi connectivity index (χ1v) is 18.0. The third-order valence-corrected chi connectivity index (χ3v) is 11.1. The molecule has 1 aromatic carbocycles. The lowest BCUT2D eigenvalue weighted by atomic mass is 9.83. The molecule has 2 aromatic rings. The van der Waals surface area contributed by atoms with E-state index in [1.807, 2.05) is 19.9 Å². The molecule has 254 valence electrons. The number of hydrogen-bond donors (Lipinski definition) is 1. The number of allylic oxidation sites excluding steroid dienone is 2. The summed E-state index contributed by atoms with van der Waals surface area (Å²) in [7, 11) is 0. The third-order valence-electron chi connectivity index (χ3n) is 11.1. The topological polar surface area (TPSA) is 47.5 Å². The molecule has 1 aromatic heterocycles. The van der Waals surface area contributed by atoms with Crippen molar-refractivity contribution in [1.29, 1.82) is 0 Å². The molecule has 1 N–H and O–H groups in total. The van der Waals surface area contributed by atoms with Gasteiger partial charge in [-0.3, -0.25) is 4.90 Å². The highest BCUT2D eigenvalue weighted by Gasteiger charge is 2.43. The van der Waals surface area contributed by atoms with Crippen LogP contribution in [0.2, 0.25) is 0 Å². The minimum absolute atomic E-state index is 0.111. The fraction of sp³-hybridized carbons (Fsp3) is 0.590. The van der Waals surface area contributed by atoms with Crippen molar-refractivity contribution >= 4 is 17.7 Å². The van der Waals surface area contributed by atoms with Crippen LogP contribution in [-0.4, -0.2) is 64.6 Å². The molecule has 0 amide bonds. The first kappa shape index (κ1) is 33.8. The number of piperidine rings is 2. The summed E-state index contributed by atoms with van der Waals surface area (Å²) in [6.45, 7) is 19.9. The van der Waals surface area contributed by atoms with Gasteiger partial charge in [-0.25, -0.2) is 18.7 Å². The van der Waals surface area contributed by atoms with Crippen molar-refractivity contribution in [3.05, 3.63) is 76.8 Å². The van der Waals surface area contributed by atoms with Gasteiger partial charge in [0.1, 0.15) is 17.5 Å². The molecule has 0 spiro atoms. The zero-order valence-corrected chi connectivity index (χ0v) is 29.1. The van der Waals surface area contributed by atoms with E-state index in [0.717, 1.165) is 80.2 Å². The fourth-order valence-electron chi connectivity index (χ4n) is 8.07. The van der Waals surface area contributed by atoms with Gasteiger partial charge >= 0.3 is 0 Å². The number of likely N-dealkylation sites (tertiary alicyclic amines) is 1. The molecule has 6 heterocycles. The number of anilines is 2. The van der Waals surface area contributed by atoms with Crippen LogP contribution in [0.15, 0.2) is 54.3 Å². The molecule has 2 fully saturated rings. The number of aryl methyl sites for hydroxylation is 1. The summed E-state index contributed by atoms with van der Waals surface area (Å²) < 4.78 is 32.0. The van der Waals surface area contributed by atoms with Crippen LogP contribution in [0.5, 0.6) is 0 Å². The molecule has 5 aliphatic heterocycles. The van der Waals surface area contributed by atoms with Crippen molar-refractivity contribution in [2.45, 2.75) is 104 Å². The lowest BCUT2D eigenvalue weighted by Gasteiger charge is -2.42. The van der Waals surface area contributed by atoms with Gasteiger partial charge in [0.05, 0.1) is 5.56 Å². The Morgan fingerprint density at radius 3 is 2.45 bits per heavy atom. The summed E-state index contributed by atoms with van der Waals surface area (Å²) >= 11 is 0. The lowest BCUT2D eigenvalue weighted by Crippen LogP contribution is -2.41. The maximum atomic E-state index is 16.0. The second kappa shape index (κ2) is 14.2. The number of nitrogens with zero attached hydrogens (tertiary/aromatic N) is 5. The van der Waals surface area contributed by atoms with Gasteiger partial charge in [0.2, 0.25) is 0 Å². The van der Waals surface area contributed by atoms with Gasteiger partial charge in [-0.05, 0) is 135 Å². The molecule has 47 heavy (non-hydrogen) atoms. The van der Waals surface area contributed by atoms with Crippen molar-refractivity contribution in [2.75, 3.05) is 42.9 Å². The van der Waals surface area contributed by atoms with E-state index in [2.05, 4.69) is 59.0 Å². The van der Waals surface area contributed by atoms with Gasteiger partial charge in [0, 0.05) is 41.8 Å². The smallest absolute Gasteiger partial charge is 0.276 e. The van der Waals surface area contributed by atoms with Crippen LogP contribution in [0.25, 0.3) is 6.08 Å². The van der Waals surface area contributed by atoms with E-state index in [-0.39, 0.29) is 17.6 Å². The summed E-state index contributed by atoms with van der Waals surface area (Å²) in [4.78, 5) is 17.2. The van der Waals surface area contributed by atoms with Crippen LogP contribution < -0.4 is 10.2 Å². The molecule has 2 saturated heterocycles. The van der Waals surface area contributed by atoms with E-state index in [1.165, 1.54) is 5.57 Å². The zero-order chi connectivity index (χ0) is 33.3. The van der Waals surface area contributed by atoms with E-state index in [4.69, 9.17) is 16.5 Å². The number of nitrogens with one attached hydrogen (secondary N) is 1. The lowest BCUT2D eigenvalue weighted by molar-refractivity contribution is -0.0847. The number of benzene rings is 1. The standard InChI is InChI=1S/C39H54F2N6/c1-26(2)46-22-15-31(16-23-46)35-25-36-37-42-28(4)32-13-11-14-34(24-32)39(40,41)33-17-20-45(21-18-33)19-10-8-7-9-12-27(3)47(29(35)5)38(36)44-30(6)43-37/h8,10-11,13-14,24-28,31,33H,5,7,9,12,15-23H2,1-4,6H3,(H,42,43,44)/b10-8+/t27?,28-/m1/s1. The Morgan fingerprint density at radius 1 is 0.979 bits per heavy atom. The van der Waals surface area contributed by atoms with E-state index in [1.54, 1.807) is 18.2 Å². The molecule has 8 heteroatoms. The molecule has 8 bridgehead atoms. The average Bonchev–Trinajstić information content (AvgIpc) is 3.06. The van der Waals surface area contributed by atoms with Gasteiger partial charge in [0.15, 0.2) is 0 Å². The van der Waals surface area contributed by atoms with Crippen LogP contribution >= 0.6 is 0 Å². The second-order valence-electron chi connectivity index (χ2n) is 14.6. The number of alkyl halides is 2. The van der Waals surface area contributed by atoms with Crippen LogP contribution in [0.4, 0.5) is 20.4 Å². The quantitative estimate of drug-likeness (QED) is 0.330. The zero-order valence-electron chi connectivity index (χ0n) is 29.1. The summed E-state index contributed by atoms with van der Waals surface area (Å²) in [5.41, 5.74) is 4.25. The molecule has 0 aliphatic carbocycles. The highest BCUT2D eigenvalue weighted by atomic mass is 19.3. The molecule has 0 radical (unpaired) electrons. The maximum Gasteiger partial charge on any atom is 0.276 e. The minimum atomic E-state index is -2.87. The minimum Gasteiger partial charge on any atom is -0.363 e. The van der Waals surface area contributed by atoms with E-state index in [9.17, 15) is 0 Å². The van der Waals surface area contributed by atoms with Crippen molar-refractivity contribution < 1.29 is 8.78 Å². The largest absolute Gasteiger partial charge is 0.363 e. The first-order valence-electron chi connectivity index (χ1n) is 18.0. The van der Waals surface area contributed by atoms with E-state index < -0.39 is 11.8 Å². The van der Waals surface area contributed by atoms with Crippen LogP contribution in [0.1, 0.15) is 101 Å². The number of rotatable bonds is 2. The summed E-state index contributed by atoms with van der Waals surface area (Å²) in [5, 5.41) is 3.65. The molecular formula is C39H54F2N6. The van der Waals surface area contributed by atoms with Crippen molar-refractivity contribution in [3.8, 4) is 0 Å². The Balaban J connectivity index is 1.39. The Kier molecular flexibility index (Phi) is 10.2. The van der Waals surface area contributed by atoms with Crippen molar-refractivity contribution in [2.24, 2.45) is 11.8 Å². The van der Waals surface area contributed by atoms with Crippen molar-refractivity contribution in [1.82, 2.24) is 19.8 Å². The number of halogens is 2. The second-order valence-corrected chi connectivity index (χ2v) is 14.6. The summed E-state index contributed by atoms with van der Waals surface area (Å²) in [6.07, 6.45) is 13.0. The molecule has 0 saturated carbocycles. The van der Waals surface area contributed by atoms with Crippen LogP contribution in [-0.2, 0) is 5.92 Å². The van der Waals surface area contributed by atoms with Gasteiger partial charge in [-0.1, -0.05) is 36.9 Å². The van der Waals surface area contributed by atoms with Gasteiger partial charge in [0.25, 0.3) is 5.92 Å². The predicted molar refractivity (Wildman–Crippen MR) is 190 cm³/mol. The van der Waals surface area contributed by atoms with E-state index >= 15 is 8.78 Å². The van der Waals surface area contributed by atoms with Crippen molar-refractivity contribution in [3.63, 3.8) is 0 Å². The molecular weight excluding hydrogens is 590 g/mol. The third kappa shape index (κ3) is 7.19. The monoisotopic (exact) mass is 644 g/mol. The Hall–Kier alpha value is -3.10. The fourth-order valence-corrected chi connectivity index (χ4v) is 8.07. The Labute approximate surface area is 281 Å². The number of hydrogen-bond acceptors (Lipinski definition) is 6. The van der Waals surface area contributed by atoms with Crippen LogP contribution in [0, 0.1) is 18.8 Å². The highest BCUT2D eigenvalue weighted by molar-refractivity contribution is 5.83. The van der Waals surface area contributed by atoms with Gasteiger partial charge < -0.3 is 15.1 Å². The molecule has 5 aliphatic rings. The summed E-state index contributed by atoms with van der Waals surface area (Å²) in [5.74, 6) is -0.796. The molecule has 7 rings (SSSR count). The summed E-state index contributed by atoms with van der Waals surface area (Å²) in [6, 6.07) is 7.56. The number of fused-ring (bicyclic) bond motifs is 8. The number of aromatic nitrogens is 2. The van der Waals surface area contributed by atoms with Gasteiger partial charge in [-0.2, -0.15) is 0 Å². The predicted octanol–water partition coefficient (Wildman–Crippen LogP) is 8.73. The maximum absolute atomic E-state index is 16.0. The average molecular weight is 645 g/mol. The molecule has 2 atom stereocenters.